The maximum absolute atomic E-state index is 11.6. The van der Waals surface area contributed by atoms with Gasteiger partial charge in [0.15, 0.2) is 0 Å². The molecule has 0 spiro atoms. The standard InChI is InChI=1S/C12H23NO4S/c1-4-11(12(14)15)13(2)9-6-5-7-10(8-9)18(3,16)17/h9-11H,4-8H2,1-3H3,(H,14,15). The van der Waals surface area contributed by atoms with Crippen LogP contribution >= 0.6 is 0 Å². The molecule has 1 N–H and O–H groups in total. The van der Waals surface area contributed by atoms with Crippen molar-refractivity contribution in [1.29, 1.82) is 0 Å². The highest BCUT2D eigenvalue weighted by Crippen LogP contribution is 2.28. The van der Waals surface area contributed by atoms with Crippen molar-refractivity contribution in [3.63, 3.8) is 0 Å². The predicted octanol–water partition coefficient (Wildman–Crippen LogP) is 1.14. The molecular formula is C12H23NO4S. The van der Waals surface area contributed by atoms with E-state index >= 15 is 0 Å². The zero-order valence-corrected chi connectivity index (χ0v) is 12.1. The number of rotatable bonds is 5. The average Bonchev–Trinajstić information content (AvgIpc) is 2.28. The third-order valence-corrected chi connectivity index (χ3v) is 5.58. The summed E-state index contributed by atoms with van der Waals surface area (Å²) in [7, 11) is -1.23. The summed E-state index contributed by atoms with van der Waals surface area (Å²) in [6.45, 7) is 1.84. The van der Waals surface area contributed by atoms with Crippen molar-refractivity contribution in [1.82, 2.24) is 4.90 Å². The van der Waals surface area contributed by atoms with E-state index in [-0.39, 0.29) is 11.3 Å². The molecule has 6 heteroatoms. The lowest BCUT2D eigenvalue weighted by Crippen LogP contribution is -2.47. The Labute approximate surface area is 109 Å². The van der Waals surface area contributed by atoms with Crippen LogP contribution in [-0.4, -0.2) is 55.0 Å². The summed E-state index contributed by atoms with van der Waals surface area (Å²) in [5.41, 5.74) is 0. The third-order valence-electron chi connectivity index (χ3n) is 3.94. The first-order valence-corrected chi connectivity index (χ1v) is 8.36. The number of likely N-dealkylation sites (N-methyl/N-ethyl adjacent to an activating group) is 1. The lowest BCUT2D eigenvalue weighted by molar-refractivity contribution is -0.144. The van der Waals surface area contributed by atoms with Crippen LogP contribution in [0.3, 0.4) is 0 Å². The van der Waals surface area contributed by atoms with Gasteiger partial charge < -0.3 is 5.11 Å². The van der Waals surface area contributed by atoms with E-state index in [1.54, 1.807) is 7.05 Å². The lowest BCUT2D eigenvalue weighted by atomic mass is 9.92. The van der Waals surface area contributed by atoms with Crippen molar-refractivity contribution in [2.24, 2.45) is 0 Å². The van der Waals surface area contributed by atoms with Crippen LogP contribution in [0.1, 0.15) is 39.0 Å². The van der Waals surface area contributed by atoms with Crippen molar-refractivity contribution in [3.8, 4) is 0 Å². The fraction of sp³-hybridized carbons (Fsp3) is 0.917. The molecule has 5 nitrogen and oxygen atoms in total. The molecule has 0 saturated heterocycles. The minimum absolute atomic E-state index is 0.0551. The largest absolute Gasteiger partial charge is 0.480 e. The second-order valence-electron chi connectivity index (χ2n) is 5.20. The Morgan fingerprint density at radius 3 is 2.50 bits per heavy atom. The number of hydrogen-bond donors (Lipinski definition) is 1. The van der Waals surface area contributed by atoms with Gasteiger partial charge in [-0.1, -0.05) is 13.3 Å². The molecule has 0 aromatic carbocycles. The maximum atomic E-state index is 11.6. The average molecular weight is 277 g/mol. The van der Waals surface area contributed by atoms with Crippen LogP contribution in [0.5, 0.6) is 0 Å². The summed E-state index contributed by atoms with van der Waals surface area (Å²) in [5.74, 6) is -0.832. The molecule has 0 radical (unpaired) electrons. The van der Waals surface area contributed by atoms with E-state index in [4.69, 9.17) is 5.11 Å². The van der Waals surface area contributed by atoms with Gasteiger partial charge in [-0.3, -0.25) is 9.69 Å². The Bertz CT molecular complexity index is 393. The lowest BCUT2D eigenvalue weighted by Gasteiger charge is -2.37. The summed E-state index contributed by atoms with van der Waals surface area (Å²) in [4.78, 5) is 13.0. The van der Waals surface area contributed by atoms with Gasteiger partial charge >= 0.3 is 5.97 Å². The maximum Gasteiger partial charge on any atom is 0.320 e. The number of hydrogen-bond acceptors (Lipinski definition) is 4. The van der Waals surface area contributed by atoms with E-state index in [0.29, 0.717) is 19.3 Å². The first kappa shape index (κ1) is 15.4. The van der Waals surface area contributed by atoms with Crippen molar-refractivity contribution in [3.05, 3.63) is 0 Å². The fourth-order valence-electron chi connectivity index (χ4n) is 2.77. The molecule has 3 atom stereocenters. The normalized spacial score (nSPS) is 27.1. The Morgan fingerprint density at radius 1 is 1.44 bits per heavy atom. The van der Waals surface area contributed by atoms with Gasteiger partial charge in [0.05, 0.1) is 5.25 Å². The molecule has 0 aromatic rings. The van der Waals surface area contributed by atoms with Gasteiger partial charge in [-0.25, -0.2) is 8.42 Å². The van der Waals surface area contributed by atoms with E-state index in [0.717, 1.165) is 12.8 Å². The SMILES string of the molecule is CCC(C(=O)O)N(C)C1CCCC(S(C)(=O)=O)C1. The molecular weight excluding hydrogens is 254 g/mol. The number of aliphatic carboxylic acids is 1. The van der Waals surface area contributed by atoms with Crippen LogP contribution in [0.15, 0.2) is 0 Å². The predicted molar refractivity (Wildman–Crippen MR) is 70.4 cm³/mol. The van der Waals surface area contributed by atoms with Gasteiger partial charge in [-0.2, -0.15) is 0 Å². The minimum atomic E-state index is -3.02. The second-order valence-corrected chi connectivity index (χ2v) is 7.53. The summed E-state index contributed by atoms with van der Waals surface area (Å²) in [6.07, 6.45) is 4.79. The molecule has 1 rings (SSSR count). The molecule has 0 amide bonds. The first-order valence-electron chi connectivity index (χ1n) is 6.41. The molecule has 18 heavy (non-hydrogen) atoms. The second kappa shape index (κ2) is 6.02. The highest BCUT2D eigenvalue weighted by atomic mass is 32.2. The van der Waals surface area contributed by atoms with Crippen LogP contribution in [0.2, 0.25) is 0 Å². The van der Waals surface area contributed by atoms with Crippen molar-refractivity contribution < 1.29 is 18.3 Å². The van der Waals surface area contributed by atoms with Gasteiger partial charge in [-0.15, -0.1) is 0 Å². The van der Waals surface area contributed by atoms with Gasteiger partial charge in [0, 0.05) is 12.3 Å². The molecule has 3 unspecified atom stereocenters. The van der Waals surface area contributed by atoms with E-state index in [1.807, 2.05) is 11.8 Å². The minimum Gasteiger partial charge on any atom is -0.480 e. The highest BCUT2D eigenvalue weighted by molar-refractivity contribution is 7.91. The third kappa shape index (κ3) is 3.68. The van der Waals surface area contributed by atoms with Gasteiger partial charge in [0.25, 0.3) is 0 Å². The van der Waals surface area contributed by atoms with Crippen molar-refractivity contribution >= 4 is 15.8 Å². The zero-order chi connectivity index (χ0) is 13.9. The Morgan fingerprint density at radius 2 is 2.06 bits per heavy atom. The van der Waals surface area contributed by atoms with E-state index in [2.05, 4.69) is 0 Å². The Hall–Kier alpha value is -0.620. The topological polar surface area (TPSA) is 74.7 Å². The van der Waals surface area contributed by atoms with Gasteiger partial charge in [0.2, 0.25) is 0 Å². The smallest absolute Gasteiger partial charge is 0.320 e. The number of nitrogens with zero attached hydrogens (tertiary/aromatic N) is 1. The van der Waals surface area contributed by atoms with Crippen LogP contribution in [-0.2, 0) is 14.6 Å². The highest BCUT2D eigenvalue weighted by Gasteiger charge is 2.34. The molecule has 0 aromatic heterocycles. The van der Waals surface area contributed by atoms with Crippen molar-refractivity contribution in [2.45, 2.75) is 56.4 Å². The molecule has 1 saturated carbocycles. The quantitative estimate of drug-likeness (QED) is 0.815. The number of carbonyl (C=O) groups is 1. The molecule has 106 valence electrons. The van der Waals surface area contributed by atoms with Crippen LogP contribution < -0.4 is 0 Å². The molecule has 1 fully saturated rings. The molecule has 0 bridgehead atoms. The monoisotopic (exact) mass is 277 g/mol. The summed E-state index contributed by atoms with van der Waals surface area (Å²) >= 11 is 0. The summed E-state index contributed by atoms with van der Waals surface area (Å²) in [6, 6.07) is -0.465. The number of sulfone groups is 1. The van der Waals surface area contributed by atoms with Crippen LogP contribution in [0, 0.1) is 0 Å². The Balaban J connectivity index is 2.74. The first-order chi connectivity index (χ1) is 8.27. The summed E-state index contributed by atoms with van der Waals surface area (Å²) in [5, 5.41) is 8.83. The van der Waals surface area contributed by atoms with Crippen LogP contribution in [0.25, 0.3) is 0 Å². The van der Waals surface area contributed by atoms with Gasteiger partial charge in [-0.05, 0) is 32.7 Å². The molecule has 1 aliphatic rings. The molecule has 1 aliphatic carbocycles. The van der Waals surface area contributed by atoms with E-state index in [1.165, 1.54) is 6.26 Å². The number of carboxylic acid groups (broad SMARTS) is 1. The summed E-state index contributed by atoms with van der Waals surface area (Å²) < 4.78 is 23.2. The van der Waals surface area contributed by atoms with Gasteiger partial charge in [0.1, 0.15) is 15.9 Å². The van der Waals surface area contributed by atoms with E-state index in [9.17, 15) is 13.2 Å². The zero-order valence-electron chi connectivity index (χ0n) is 11.3. The molecule has 0 aliphatic heterocycles. The number of carboxylic acids is 1. The van der Waals surface area contributed by atoms with E-state index < -0.39 is 21.8 Å². The Kier molecular flexibility index (Phi) is 5.16. The van der Waals surface area contributed by atoms with Crippen LogP contribution in [0.4, 0.5) is 0 Å². The fourth-order valence-corrected chi connectivity index (χ4v) is 3.94. The van der Waals surface area contributed by atoms with Crippen molar-refractivity contribution in [2.75, 3.05) is 13.3 Å². The molecule has 0 heterocycles.